The van der Waals surface area contributed by atoms with Crippen LogP contribution in [-0.2, 0) is 14.3 Å². The predicted molar refractivity (Wildman–Crippen MR) is 53.4 cm³/mol. The highest BCUT2D eigenvalue weighted by Crippen LogP contribution is 2.20. The van der Waals surface area contributed by atoms with Crippen LogP contribution in [-0.4, -0.2) is 35.7 Å². The SMILES string of the molecule is C[C@@H](NC(=O)COC1CCCC1)C(=O)O. The summed E-state index contributed by atoms with van der Waals surface area (Å²) in [6, 6.07) is -0.857. The van der Waals surface area contributed by atoms with Crippen molar-refractivity contribution in [2.75, 3.05) is 6.61 Å². The summed E-state index contributed by atoms with van der Waals surface area (Å²) >= 11 is 0. The van der Waals surface area contributed by atoms with Gasteiger partial charge in [0, 0.05) is 0 Å². The first kappa shape index (κ1) is 12.0. The van der Waals surface area contributed by atoms with Gasteiger partial charge in [-0.05, 0) is 19.8 Å². The molecule has 0 heterocycles. The number of rotatable bonds is 5. The number of aliphatic carboxylic acids is 1. The van der Waals surface area contributed by atoms with E-state index in [1.54, 1.807) is 0 Å². The largest absolute Gasteiger partial charge is 0.480 e. The molecule has 1 aliphatic rings. The van der Waals surface area contributed by atoms with E-state index in [1.165, 1.54) is 6.92 Å². The van der Waals surface area contributed by atoms with Gasteiger partial charge in [-0.2, -0.15) is 0 Å². The number of carbonyl (C=O) groups excluding carboxylic acids is 1. The van der Waals surface area contributed by atoms with Crippen molar-refractivity contribution in [3.05, 3.63) is 0 Å². The van der Waals surface area contributed by atoms with E-state index >= 15 is 0 Å². The van der Waals surface area contributed by atoms with Crippen LogP contribution in [0.5, 0.6) is 0 Å². The minimum absolute atomic E-state index is 0.0394. The second-order valence-corrected chi connectivity index (χ2v) is 3.84. The molecule has 1 amide bonds. The number of carboxylic acid groups (broad SMARTS) is 1. The maximum absolute atomic E-state index is 11.2. The molecule has 1 rings (SSSR count). The second kappa shape index (κ2) is 5.70. The maximum atomic E-state index is 11.2. The van der Waals surface area contributed by atoms with E-state index in [0.29, 0.717) is 0 Å². The molecule has 1 fully saturated rings. The Kier molecular flexibility index (Phi) is 4.55. The summed E-state index contributed by atoms with van der Waals surface area (Å²) in [4.78, 5) is 21.7. The van der Waals surface area contributed by atoms with Crippen LogP contribution in [0.4, 0.5) is 0 Å². The Morgan fingerprint density at radius 1 is 1.47 bits per heavy atom. The third-order valence-electron chi connectivity index (χ3n) is 2.50. The van der Waals surface area contributed by atoms with Crippen molar-refractivity contribution in [1.82, 2.24) is 5.32 Å². The number of hydrogen-bond acceptors (Lipinski definition) is 3. The van der Waals surface area contributed by atoms with Crippen LogP contribution in [0.1, 0.15) is 32.6 Å². The molecule has 1 atom stereocenters. The first-order chi connectivity index (χ1) is 7.09. The highest BCUT2D eigenvalue weighted by atomic mass is 16.5. The molecule has 0 saturated heterocycles. The summed E-state index contributed by atoms with van der Waals surface area (Å²) in [5.41, 5.74) is 0. The summed E-state index contributed by atoms with van der Waals surface area (Å²) in [5.74, 6) is -1.40. The van der Waals surface area contributed by atoms with Gasteiger partial charge in [-0.25, -0.2) is 0 Å². The fourth-order valence-electron chi connectivity index (χ4n) is 1.59. The van der Waals surface area contributed by atoms with E-state index in [4.69, 9.17) is 9.84 Å². The van der Waals surface area contributed by atoms with Crippen molar-refractivity contribution >= 4 is 11.9 Å². The van der Waals surface area contributed by atoms with Crippen molar-refractivity contribution in [2.45, 2.75) is 44.8 Å². The lowest BCUT2D eigenvalue weighted by Crippen LogP contribution is -2.40. The smallest absolute Gasteiger partial charge is 0.325 e. The van der Waals surface area contributed by atoms with Gasteiger partial charge in [-0.3, -0.25) is 9.59 Å². The van der Waals surface area contributed by atoms with Crippen molar-refractivity contribution in [3.8, 4) is 0 Å². The van der Waals surface area contributed by atoms with Crippen LogP contribution in [0.3, 0.4) is 0 Å². The zero-order valence-electron chi connectivity index (χ0n) is 8.86. The summed E-state index contributed by atoms with van der Waals surface area (Å²) in [6.07, 6.45) is 4.48. The Labute approximate surface area is 88.8 Å². The normalized spacial score (nSPS) is 18.7. The van der Waals surface area contributed by atoms with Crippen LogP contribution < -0.4 is 5.32 Å². The molecule has 2 N–H and O–H groups in total. The van der Waals surface area contributed by atoms with Crippen LogP contribution in [0.25, 0.3) is 0 Å². The Morgan fingerprint density at radius 2 is 2.07 bits per heavy atom. The Morgan fingerprint density at radius 3 is 2.60 bits per heavy atom. The number of hydrogen-bond donors (Lipinski definition) is 2. The van der Waals surface area contributed by atoms with Gasteiger partial charge in [0.15, 0.2) is 0 Å². The summed E-state index contributed by atoms with van der Waals surface area (Å²) < 4.78 is 5.34. The van der Waals surface area contributed by atoms with Gasteiger partial charge >= 0.3 is 5.97 Å². The monoisotopic (exact) mass is 215 g/mol. The Hall–Kier alpha value is -1.10. The van der Waals surface area contributed by atoms with Crippen LogP contribution >= 0.6 is 0 Å². The van der Waals surface area contributed by atoms with Gasteiger partial charge in [0.2, 0.25) is 5.91 Å². The van der Waals surface area contributed by atoms with Crippen LogP contribution in [0.2, 0.25) is 0 Å². The second-order valence-electron chi connectivity index (χ2n) is 3.84. The molecule has 5 heteroatoms. The molecule has 0 unspecified atom stereocenters. The van der Waals surface area contributed by atoms with Crippen molar-refractivity contribution in [3.63, 3.8) is 0 Å². The molecule has 86 valence electrons. The molecule has 15 heavy (non-hydrogen) atoms. The molecular weight excluding hydrogens is 198 g/mol. The van der Waals surface area contributed by atoms with E-state index in [2.05, 4.69) is 5.32 Å². The molecule has 0 radical (unpaired) electrons. The molecule has 0 bridgehead atoms. The lowest BCUT2D eigenvalue weighted by Gasteiger charge is -2.12. The molecule has 1 saturated carbocycles. The highest BCUT2D eigenvalue weighted by molar-refractivity contribution is 5.83. The van der Waals surface area contributed by atoms with Gasteiger partial charge in [0.25, 0.3) is 0 Å². The number of ether oxygens (including phenoxy) is 1. The number of nitrogens with one attached hydrogen (secondary N) is 1. The van der Waals surface area contributed by atoms with E-state index in [0.717, 1.165) is 25.7 Å². The summed E-state index contributed by atoms with van der Waals surface area (Å²) in [7, 11) is 0. The zero-order chi connectivity index (χ0) is 11.3. The number of carbonyl (C=O) groups is 2. The van der Waals surface area contributed by atoms with Gasteiger partial charge in [-0.15, -0.1) is 0 Å². The number of amides is 1. The average molecular weight is 215 g/mol. The summed E-state index contributed by atoms with van der Waals surface area (Å²) in [6.45, 7) is 1.39. The lowest BCUT2D eigenvalue weighted by molar-refractivity contribution is -0.142. The molecule has 1 aliphatic carbocycles. The van der Waals surface area contributed by atoms with E-state index < -0.39 is 12.0 Å². The molecule has 0 aliphatic heterocycles. The molecule has 0 spiro atoms. The molecule has 0 aromatic carbocycles. The maximum Gasteiger partial charge on any atom is 0.325 e. The summed E-state index contributed by atoms with van der Waals surface area (Å²) in [5, 5.41) is 10.9. The topological polar surface area (TPSA) is 75.6 Å². The van der Waals surface area contributed by atoms with E-state index in [-0.39, 0.29) is 18.6 Å². The molecule has 5 nitrogen and oxygen atoms in total. The fourth-order valence-corrected chi connectivity index (χ4v) is 1.59. The minimum atomic E-state index is -1.04. The van der Waals surface area contributed by atoms with Gasteiger partial charge in [-0.1, -0.05) is 12.8 Å². The molecular formula is C10H17NO4. The van der Waals surface area contributed by atoms with E-state index in [1.807, 2.05) is 0 Å². The van der Waals surface area contributed by atoms with Crippen LogP contribution in [0.15, 0.2) is 0 Å². The first-order valence-corrected chi connectivity index (χ1v) is 5.23. The van der Waals surface area contributed by atoms with Crippen LogP contribution in [0, 0.1) is 0 Å². The zero-order valence-corrected chi connectivity index (χ0v) is 8.86. The first-order valence-electron chi connectivity index (χ1n) is 5.23. The Bertz CT molecular complexity index is 236. The van der Waals surface area contributed by atoms with E-state index in [9.17, 15) is 9.59 Å². The van der Waals surface area contributed by atoms with Crippen molar-refractivity contribution in [1.29, 1.82) is 0 Å². The number of carboxylic acids is 1. The average Bonchev–Trinajstić information content (AvgIpc) is 2.66. The quantitative estimate of drug-likeness (QED) is 0.701. The fraction of sp³-hybridized carbons (Fsp3) is 0.800. The predicted octanol–water partition coefficient (Wildman–Crippen LogP) is 0.535. The van der Waals surface area contributed by atoms with Gasteiger partial charge in [0.05, 0.1) is 6.10 Å². The molecule has 0 aromatic rings. The highest BCUT2D eigenvalue weighted by Gasteiger charge is 2.18. The third-order valence-corrected chi connectivity index (χ3v) is 2.50. The standard InChI is InChI=1S/C10H17NO4/c1-7(10(13)14)11-9(12)6-15-8-4-2-3-5-8/h7-8H,2-6H2,1H3,(H,11,12)(H,13,14)/t7-/m1/s1. The van der Waals surface area contributed by atoms with Crippen molar-refractivity contribution < 1.29 is 19.4 Å². The van der Waals surface area contributed by atoms with Gasteiger partial charge < -0.3 is 15.2 Å². The third kappa shape index (κ3) is 4.29. The van der Waals surface area contributed by atoms with Gasteiger partial charge in [0.1, 0.15) is 12.6 Å². The molecule has 0 aromatic heterocycles. The van der Waals surface area contributed by atoms with Crippen molar-refractivity contribution in [2.24, 2.45) is 0 Å². The minimum Gasteiger partial charge on any atom is -0.480 e. The lowest BCUT2D eigenvalue weighted by atomic mass is 10.3. The Balaban J connectivity index is 2.15.